The number of carbonyl (C=O) groups is 2. The molecule has 6 unspecified atom stereocenters. The molecule has 5 aliphatic rings. The van der Waals surface area contributed by atoms with Crippen LogP contribution in [-0.4, -0.2) is 77.3 Å². The molecule has 0 aromatic heterocycles. The summed E-state index contributed by atoms with van der Waals surface area (Å²) in [4.78, 5) is 25.6. The minimum atomic E-state index is -1.11. The standard InChI is InChI=1S/C23H36Cl2FN3O4/c24-14-1-2-15(27-11-14)12-28-21(32)23-7-5-22(6-8-23,10-19(23)30)29-20(31)13-33-16-3-4-17(25)18(26)9-16/h14-19,27,30H,1-13H2,(H,28,32)(H,29,31). The van der Waals surface area contributed by atoms with Crippen molar-refractivity contribution in [2.45, 2.75) is 105 Å². The van der Waals surface area contributed by atoms with Gasteiger partial charge in [-0.15, -0.1) is 23.2 Å². The highest BCUT2D eigenvalue weighted by molar-refractivity contribution is 6.21. The van der Waals surface area contributed by atoms with E-state index in [0.29, 0.717) is 51.5 Å². The fraction of sp³-hybridized carbons (Fsp3) is 0.913. The number of rotatable bonds is 7. The molecular formula is C23H36Cl2FN3O4. The van der Waals surface area contributed by atoms with Crippen LogP contribution in [0.1, 0.15) is 64.2 Å². The Kier molecular flexibility index (Phi) is 8.11. The summed E-state index contributed by atoms with van der Waals surface area (Å²) in [5.74, 6) is -0.353. The maximum Gasteiger partial charge on any atom is 0.246 e. The van der Waals surface area contributed by atoms with E-state index in [1.807, 2.05) is 0 Å². The van der Waals surface area contributed by atoms with Crippen LogP contribution in [0.15, 0.2) is 0 Å². The van der Waals surface area contributed by atoms with Gasteiger partial charge >= 0.3 is 0 Å². The number of fused-ring (bicyclic) bond motifs is 3. The van der Waals surface area contributed by atoms with Gasteiger partial charge in [-0.2, -0.15) is 0 Å². The zero-order chi connectivity index (χ0) is 23.6. The minimum Gasteiger partial charge on any atom is -0.392 e. The monoisotopic (exact) mass is 507 g/mol. The van der Waals surface area contributed by atoms with Crippen LogP contribution >= 0.6 is 23.2 Å². The van der Waals surface area contributed by atoms with E-state index >= 15 is 0 Å². The van der Waals surface area contributed by atoms with Crippen LogP contribution in [0.25, 0.3) is 0 Å². The van der Waals surface area contributed by atoms with Gasteiger partial charge in [0.2, 0.25) is 11.8 Å². The quantitative estimate of drug-likeness (QED) is 0.395. The number of nitrogens with one attached hydrogen (secondary N) is 3. The Morgan fingerprint density at radius 2 is 1.88 bits per heavy atom. The number of aliphatic hydroxyl groups excluding tert-OH is 1. The fourth-order valence-electron chi connectivity index (χ4n) is 6.00. The van der Waals surface area contributed by atoms with Crippen LogP contribution in [0.5, 0.6) is 0 Å². The van der Waals surface area contributed by atoms with E-state index < -0.39 is 28.6 Å². The van der Waals surface area contributed by atoms with E-state index in [0.717, 1.165) is 19.4 Å². The molecule has 1 saturated heterocycles. The molecule has 4 aliphatic carbocycles. The predicted molar refractivity (Wildman–Crippen MR) is 124 cm³/mol. The van der Waals surface area contributed by atoms with Crippen molar-refractivity contribution in [2.24, 2.45) is 5.41 Å². The van der Waals surface area contributed by atoms with Gasteiger partial charge in [0, 0.05) is 36.5 Å². The summed E-state index contributed by atoms with van der Waals surface area (Å²) in [7, 11) is 0. The van der Waals surface area contributed by atoms with Crippen LogP contribution in [0.4, 0.5) is 4.39 Å². The third-order valence-electron chi connectivity index (χ3n) is 8.24. The molecule has 7 nitrogen and oxygen atoms in total. The van der Waals surface area contributed by atoms with E-state index in [4.69, 9.17) is 27.9 Å². The molecular weight excluding hydrogens is 472 g/mol. The Balaban J connectivity index is 1.23. The summed E-state index contributed by atoms with van der Waals surface area (Å²) in [5, 5.41) is 20.1. The number of carbonyl (C=O) groups excluding carboxylic acids is 2. The maximum atomic E-state index is 13.8. The second-order valence-corrected chi connectivity index (χ2v) is 11.7. The summed E-state index contributed by atoms with van der Waals surface area (Å²) in [5.41, 5.74) is -1.30. The third-order valence-corrected chi connectivity index (χ3v) is 9.10. The molecule has 4 saturated carbocycles. The normalized spacial score (nSPS) is 43.2. The second kappa shape index (κ2) is 10.5. The lowest BCUT2D eigenvalue weighted by molar-refractivity contribution is -0.157. The number of halogens is 3. The van der Waals surface area contributed by atoms with Gasteiger partial charge in [-0.25, -0.2) is 4.39 Å². The van der Waals surface area contributed by atoms with E-state index in [1.54, 1.807) is 0 Å². The number of amides is 2. The van der Waals surface area contributed by atoms with Crippen molar-refractivity contribution in [3.05, 3.63) is 0 Å². The summed E-state index contributed by atoms with van der Waals surface area (Å²) in [6.07, 6.45) is 3.74. The number of hydrogen-bond donors (Lipinski definition) is 4. The molecule has 4 N–H and O–H groups in total. The van der Waals surface area contributed by atoms with Gasteiger partial charge in [-0.05, 0) is 57.8 Å². The molecule has 188 valence electrons. The van der Waals surface area contributed by atoms with Crippen molar-refractivity contribution in [3.63, 3.8) is 0 Å². The molecule has 0 aromatic carbocycles. The first kappa shape index (κ1) is 25.4. The molecule has 6 atom stereocenters. The van der Waals surface area contributed by atoms with E-state index in [1.165, 1.54) is 0 Å². The number of aliphatic hydroxyl groups is 1. The number of alkyl halides is 3. The molecule has 0 aromatic rings. The summed E-state index contributed by atoms with van der Waals surface area (Å²) in [6, 6.07) is 0.204. The van der Waals surface area contributed by atoms with Crippen LogP contribution in [0.2, 0.25) is 0 Å². The smallest absolute Gasteiger partial charge is 0.246 e. The number of ether oxygens (including phenoxy) is 1. The third kappa shape index (κ3) is 5.77. The molecule has 2 amide bonds. The van der Waals surface area contributed by atoms with Gasteiger partial charge in [-0.1, -0.05) is 0 Å². The van der Waals surface area contributed by atoms with Crippen molar-refractivity contribution in [3.8, 4) is 0 Å². The SMILES string of the molecule is O=C(COC1CCC(Cl)C(F)C1)NC12CCC(C(=O)NCC3CCC(Cl)CN3)(CC1)C(O)C2. The van der Waals surface area contributed by atoms with Crippen molar-refractivity contribution in [2.75, 3.05) is 19.7 Å². The number of hydrogen-bond acceptors (Lipinski definition) is 5. The lowest BCUT2D eigenvalue weighted by Crippen LogP contribution is -2.66. The average molecular weight is 508 g/mol. The molecule has 2 bridgehead atoms. The molecule has 10 heteroatoms. The van der Waals surface area contributed by atoms with Crippen molar-refractivity contribution in [1.82, 2.24) is 16.0 Å². The van der Waals surface area contributed by atoms with Gasteiger partial charge in [-0.3, -0.25) is 9.59 Å². The second-order valence-electron chi connectivity index (χ2n) is 10.5. The fourth-order valence-corrected chi connectivity index (χ4v) is 6.44. The van der Waals surface area contributed by atoms with Crippen molar-refractivity contribution >= 4 is 35.0 Å². The molecule has 5 fully saturated rings. The maximum absolute atomic E-state index is 13.8. The highest BCUT2D eigenvalue weighted by atomic mass is 35.5. The van der Waals surface area contributed by atoms with Gasteiger partial charge in [0.15, 0.2) is 0 Å². The summed E-state index contributed by atoms with van der Waals surface area (Å²) >= 11 is 12.0. The lowest BCUT2D eigenvalue weighted by atomic mass is 9.55. The van der Waals surface area contributed by atoms with E-state index in [-0.39, 0.29) is 42.4 Å². The van der Waals surface area contributed by atoms with Crippen LogP contribution < -0.4 is 16.0 Å². The first-order valence-electron chi connectivity index (χ1n) is 12.3. The zero-order valence-corrected chi connectivity index (χ0v) is 20.5. The topological polar surface area (TPSA) is 99.7 Å². The predicted octanol–water partition coefficient (Wildman–Crippen LogP) is 2.16. The summed E-state index contributed by atoms with van der Waals surface area (Å²) in [6.45, 7) is 1.14. The summed E-state index contributed by atoms with van der Waals surface area (Å²) < 4.78 is 19.4. The highest BCUT2D eigenvalue weighted by Gasteiger charge is 2.58. The molecule has 1 aliphatic heterocycles. The van der Waals surface area contributed by atoms with Crippen LogP contribution in [0, 0.1) is 5.41 Å². The van der Waals surface area contributed by atoms with E-state index in [2.05, 4.69) is 16.0 Å². The molecule has 0 radical (unpaired) electrons. The van der Waals surface area contributed by atoms with Crippen molar-refractivity contribution < 1.29 is 23.8 Å². The van der Waals surface area contributed by atoms with Crippen LogP contribution in [-0.2, 0) is 14.3 Å². The highest BCUT2D eigenvalue weighted by Crippen LogP contribution is 2.52. The van der Waals surface area contributed by atoms with Crippen molar-refractivity contribution in [1.29, 1.82) is 0 Å². The first-order chi connectivity index (χ1) is 15.7. The Morgan fingerprint density at radius 1 is 1.12 bits per heavy atom. The lowest BCUT2D eigenvalue weighted by Gasteiger charge is -2.55. The average Bonchev–Trinajstić information content (AvgIpc) is 2.80. The molecule has 1 heterocycles. The Bertz CT molecular complexity index is 714. The molecule has 0 spiro atoms. The molecule has 5 rings (SSSR count). The molecule has 33 heavy (non-hydrogen) atoms. The Morgan fingerprint density at radius 3 is 2.52 bits per heavy atom. The van der Waals surface area contributed by atoms with Gasteiger partial charge in [0.1, 0.15) is 12.8 Å². The largest absolute Gasteiger partial charge is 0.392 e. The Labute approximate surface area is 204 Å². The van der Waals surface area contributed by atoms with E-state index in [9.17, 15) is 19.1 Å². The van der Waals surface area contributed by atoms with Crippen LogP contribution in [0.3, 0.4) is 0 Å². The van der Waals surface area contributed by atoms with Gasteiger partial charge < -0.3 is 25.8 Å². The Hall–Kier alpha value is -0.670. The van der Waals surface area contributed by atoms with Gasteiger partial charge in [0.25, 0.3) is 0 Å². The minimum absolute atomic E-state index is 0.0940. The zero-order valence-electron chi connectivity index (χ0n) is 19.0. The first-order valence-corrected chi connectivity index (χ1v) is 13.1. The number of piperidine rings is 1. The van der Waals surface area contributed by atoms with Gasteiger partial charge in [0.05, 0.1) is 23.0 Å².